The Hall–Kier alpha value is -2.29. The Balaban J connectivity index is 1.71. The highest BCUT2D eigenvalue weighted by Crippen LogP contribution is 2.48. The topological polar surface area (TPSA) is 77.2 Å². The first-order chi connectivity index (χ1) is 12.5. The van der Waals surface area contributed by atoms with Gasteiger partial charge in [0.1, 0.15) is 23.3 Å². The molecule has 1 unspecified atom stereocenters. The fraction of sp³-hybridized carbons (Fsp3) is 0.588. The van der Waals surface area contributed by atoms with Gasteiger partial charge in [-0.25, -0.2) is 18.7 Å². The molecular weight excluding hydrogens is 342 g/mol. The van der Waals surface area contributed by atoms with Crippen LogP contribution in [0.15, 0.2) is 18.6 Å². The number of halogens is 2. The molecule has 2 saturated heterocycles. The third-order valence-corrected chi connectivity index (χ3v) is 5.58. The summed E-state index contributed by atoms with van der Waals surface area (Å²) >= 11 is 0. The Kier molecular flexibility index (Phi) is 4.06. The van der Waals surface area contributed by atoms with Crippen molar-refractivity contribution < 1.29 is 13.6 Å². The van der Waals surface area contributed by atoms with E-state index in [1.54, 1.807) is 13.2 Å². The molecule has 140 valence electrons. The van der Waals surface area contributed by atoms with Crippen molar-refractivity contribution in [3.8, 4) is 0 Å². The number of rotatable bonds is 3. The Morgan fingerprint density at radius 2 is 2.19 bits per heavy atom. The number of fused-ring (bicyclic) bond motifs is 1. The molecule has 0 radical (unpaired) electrons. The van der Waals surface area contributed by atoms with Crippen LogP contribution >= 0.6 is 0 Å². The van der Waals surface area contributed by atoms with E-state index in [0.717, 1.165) is 5.39 Å². The third kappa shape index (κ3) is 2.45. The Morgan fingerprint density at radius 3 is 3.00 bits per heavy atom. The summed E-state index contributed by atoms with van der Waals surface area (Å²) in [7, 11) is 1.65. The van der Waals surface area contributed by atoms with E-state index in [1.807, 2.05) is 11.0 Å². The van der Waals surface area contributed by atoms with Crippen molar-refractivity contribution in [1.29, 1.82) is 0 Å². The van der Waals surface area contributed by atoms with Crippen LogP contribution in [0, 0.1) is 0 Å². The lowest BCUT2D eigenvalue weighted by molar-refractivity contribution is -0.148. The number of nitrogens with zero attached hydrogens (tertiary/aromatic N) is 4. The summed E-state index contributed by atoms with van der Waals surface area (Å²) in [5.41, 5.74) is -0.803. The van der Waals surface area contributed by atoms with Crippen LogP contribution in [-0.4, -0.2) is 70.4 Å². The predicted octanol–water partition coefficient (Wildman–Crippen LogP) is 1.38. The molecule has 26 heavy (non-hydrogen) atoms. The zero-order chi connectivity index (χ0) is 18.4. The van der Waals surface area contributed by atoms with Crippen molar-refractivity contribution in [3.05, 3.63) is 18.6 Å². The maximum absolute atomic E-state index is 15.0. The predicted molar refractivity (Wildman–Crippen MR) is 93.3 cm³/mol. The third-order valence-electron chi connectivity index (χ3n) is 5.58. The van der Waals surface area contributed by atoms with Crippen LogP contribution in [0.5, 0.6) is 0 Å². The number of likely N-dealkylation sites (N-methyl/N-ethyl adjacent to an activating group) is 1. The number of H-pyrrole nitrogens is 1. The number of amides is 1. The quantitative estimate of drug-likeness (QED) is 0.861. The molecule has 2 N–H and O–H groups in total. The molecule has 1 amide bonds. The van der Waals surface area contributed by atoms with E-state index in [0.29, 0.717) is 30.9 Å². The van der Waals surface area contributed by atoms with Gasteiger partial charge in [-0.2, -0.15) is 0 Å². The monoisotopic (exact) mass is 364 g/mol. The maximum atomic E-state index is 15.0. The number of hydrogen-bond donors (Lipinski definition) is 2. The number of nitrogens with one attached hydrogen (secondary N) is 2. The molecule has 9 heteroatoms. The second-order valence-corrected chi connectivity index (χ2v) is 7.02. The molecule has 4 rings (SSSR count). The molecule has 1 atom stereocenters. The summed E-state index contributed by atoms with van der Waals surface area (Å²) in [5.74, 6) is -2.56. The number of carbonyl (C=O) groups excluding carboxylic acids is 1. The number of anilines is 1. The number of likely N-dealkylation sites (tertiary alicyclic amines) is 1. The summed E-state index contributed by atoms with van der Waals surface area (Å²) in [4.78, 5) is 27.3. The fourth-order valence-electron chi connectivity index (χ4n) is 4.35. The van der Waals surface area contributed by atoms with Gasteiger partial charge in [0.2, 0.25) is 5.91 Å². The number of alkyl halides is 2. The molecule has 4 heterocycles. The van der Waals surface area contributed by atoms with Gasteiger partial charge in [-0.3, -0.25) is 4.79 Å². The van der Waals surface area contributed by atoms with Gasteiger partial charge in [0.15, 0.2) is 0 Å². The Labute approximate surface area is 149 Å². The Morgan fingerprint density at radius 1 is 1.35 bits per heavy atom. The van der Waals surface area contributed by atoms with Crippen LogP contribution in [0.1, 0.15) is 19.3 Å². The van der Waals surface area contributed by atoms with E-state index in [4.69, 9.17) is 0 Å². The molecule has 1 spiro atoms. The normalized spacial score (nSPS) is 25.3. The molecule has 0 aromatic carbocycles. The van der Waals surface area contributed by atoms with Crippen molar-refractivity contribution in [2.24, 2.45) is 0 Å². The first kappa shape index (κ1) is 17.1. The van der Waals surface area contributed by atoms with Gasteiger partial charge in [0, 0.05) is 32.3 Å². The molecule has 2 aliphatic heterocycles. The van der Waals surface area contributed by atoms with Gasteiger partial charge in [-0.05, 0) is 26.0 Å². The first-order valence-electron chi connectivity index (χ1n) is 8.84. The minimum atomic E-state index is -2.92. The highest BCUT2D eigenvalue weighted by Gasteiger charge is 2.64. The van der Waals surface area contributed by atoms with Gasteiger partial charge in [-0.15, -0.1) is 0 Å². The van der Waals surface area contributed by atoms with E-state index in [9.17, 15) is 13.6 Å². The van der Waals surface area contributed by atoms with Crippen LogP contribution in [0.25, 0.3) is 11.0 Å². The van der Waals surface area contributed by atoms with Crippen LogP contribution in [0.3, 0.4) is 0 Å². The number of aromatic nitrogens is 3. The summed E-state index contributed by atoms with van der Waals surface area (Å²) in [6.45, 7) is 0.855. The van der Waals surface area contributed by atoms with Gasteiger partial charge < -0.3 is 20.1 Å². The smallest absolute Gasteiger partial charge is 0.274 e. The number of piperidine rings is 1. The van der Waals surface area contributed by atoms with Crippen molar-refractivity contribution in [3.63, 3.8) is 0 Å². The van der Waals surface area contributed by atoms with Crippen molar-refractivity contribution >= 4 is 22.8 Å². The molecule has 2 aromatic rings. The molecule has 0 aliphatic carbocycles. The lowest BCUT2D eigenvalue weighted by atomic mass is 9.83. The second-order valence-electron chi connectivity index (χ2n) is 7.02. The average Bonchev–Trinajstić information content (AvgIpc) is 3.19. The van der Waals surface area contributed by atoms with Crippen LogP contribution < -0.4 is 10.2 Å². The lowest BCUT2D eigenvalue weighted by Crippen LogP contribution is -2.65. The van der Waals surface area contributed by atoms with E-state index < -0.39 is 11.5 Å². The summed E-state index contributed by atoms with van der Waals surface area (Å²) < 4.78 is 30.0. The van der Waals surface area contributed by atoms with Gasteiger partial charge in [0.05, 0.1) is 11.9 Å². The molecule has 2 aliphatic rings. The number of hydrogen-bond acceptors (Lipinski definition) is 5. The maximum Gasteiger partial charge on any atom is 0.274 e. The standard InChI is InChI=1S/C17H22F2N6O/c1-20-9-13(26)25-8-5-17(18,19)16(25)4-2-7-24(10-16)15-12-3-6-21-14(12)22-11-23-15/h3,6,11,20H,2,4-5,7-10H2,1H3,(H,21,22,23). The molecule has 2 aromatic heterocycles. The highest BCUT2D eigenvalue weighted by atomic mass is 19.3. The van der Waals surface area contributed by atoms with Crippen LogP contribution in [0.4, 0.5) is 14.6 Å². The van der Waals surface area contributed by atoms with E-state index in [2.05, 4.69) is 20.3 Å². The lowest BCUT2D eigenvalue weighted by Gasteiger charge is -2.48. The van der Waals surface area contributed by atoms with Gasteiger partial charge >= 0.3 is 0 Å². The fourth-order valence-corrected chi connectivity index (χ4v) is 4.35. The van der Waals surface area contributed by atoms with Crippen LogP contribution in [0.2, 0.25) is 0 Å². The van der Waals surface area contributed by atoms with Crippen LogP contribution in [-0.2, 0) is 4.79 Å². The van der Waals surface area contributed by atoms with E-state index >= 15 is 0 Å². The zero-order valence-corrected chi connectivity index (χ0v) is 14.6. The molecule has 0 bridgehead atoms. The summed E-state index contributed by atoms with van der Waals surface area (Å²) in [6.07, 6.45) is 3.78. The number of aromatic amines is 1. The molecule has 7 nitrogen and oxygen atoms in total. The highest BCUT2D eigenvalue weighted by molar-refractivity contribution is 5.87. The second kappa shape index (κ2) is 6.15. The van der Waals surface area contributed by atoms with E-state index in [1.165, 1.54) is 11.2 Å². The van der Waals surface area contributed by atoms with Gasteiger partial charge in [-0.1, -0.05) is 0 Å². The molecule has 0 saturated carbocycles. The minimum absolute atomic E-state index is 0.0629. The molecular formula is C17H22F2N6O. The first-order valence-corrected chi connectivity index (χ1v) is 8.84. The van der Waals surface area contributed by atoms with Crippen molar-refractivity contribution in [2.75, 3.05) is 38.1 Å². The summed E-state index contributed by atoms with van der Waals surface area (Å²) in [5, 5.41) is 3.59. The van der Waals surface area contributed by atoms with Gasteiger partial charge in [0.25, 0.3) is 5.92 Å². The largest absolute Gasteiger partial charge is 0.353 e. The SMILES string of the molecule is CNCC(=O)N1CCC(F)(F)C12CCCN(c1ncnc3[nH]ccc13)C2. The Bertz CT molecular complexity index is 824. The molecule has 2 fully saturated rings. The number of carbonyl (C=O) groups is 1. The average molecular weight is 364 g/mol. The minimum Gasteiger partial charge on any atom is -0.353 e. The van der Waals surface area contributed by atoms with E-state index in [-0.39, 0.29) is 32.0 Å². The zero-order valence-electron chi connectivity index (χ0n) is 14.6. The van der Waals surface area contributed by atoms with Crippen molar-refractivity contribution in [1.82, 2.24) is 25.2 Å². The van der Waals surface area contributed by atoms with Crippen molar-refractivity contribution in [2.45, 2.75) is 30.7 Å². The summed E-state index contributed by atoms with van der Waals surface area (Å²) in [6, 6.07) is 1.85.